The molecule has 0 fully saturated rings. The Labute approximate surface area is 120 Å². The SMILES string of the molecule is CNC(=O)Cc1ccc(-c2ccc(C(F)(F)F)cc2)cc1. The summed E-state index contributed by atoms with van der Waals surface area (Å²) >= 11 is 0. The highest BCUT2D eigenvalue weighted by molar-refractivity contribution is 5.78. The van der Waals surface area contributed by atoms with E-state index in [-0.39, 0.29) is 12.3 Å². The van der Waals surface area contributed by atoms with Crippen LogP contribution in [-0.2, 0) is 17.4 Å². The number of rotatable bonds is 3. The van der Waals surface area contributed by atoms with Crippen molar-refractivity contribution < 1.29 is 18.0 Å². The first-order chi connectivity index (χ1) is 9.90. The van der Waals surface area contributed by atoms with E-state index in [4.69, 9.17) is 0 Å². The van der Waals surface area contributed by atoms with E-state index >= 15 is 0 Å². The molecule has 110 valence electrons. The second-order valence-electron chi connectivity index (χ2n) is 4.62. The highest BCUT2D eigenvalue weighted by Gasteiger charge is 2.29. The van der Waals surface area contributed by atoms with Crippen molar-refractivity contribution in [1.29, 1.82) is 0 Å². The quantitative estimate of drug-likeness (QED) is 0.919. The van der Waals surface area contributed by atoms with Gasteiger partial charge in [-0.3, -0.25) is 4.79 Å². The molecule has 0 atom stereocenters. The van der Waals surface area contributed by atoms with Gasteiger partial charge in [0.25, 0.3) is 0 Å². The van der Waals surface area contributed by atoms with Crippen molar-refractivity contribution in [3.05, 3.63) is 59.7 Å². The number of alkyl halides is 3. The predicted octanol–water partition coefficient (Wildman–Crippen LogP) is 3.66. The maximum atomic E-state index is 12.5. The predicted molar refractivity (Wildman–Crippen MR) is 74.7 cm³/mol. The van der Waals surface area contributed by atoms with Gasteiger partial charge in [0.15, 0.2) is 0 Å². The van der Waals surface area contributed by atoms with Crippen molar-refractivity contribution in [2.75, 3.05) is 7.05 Å². The molecule has 0 aromatic heterocycles. The fraction of sp³-hybridized carbons (Fsp3) is 0.188. The minimum Gasteiger partial charge on any atom is -0.359 e. The monoisotopic (exact) mass is 293 g/mol. The molecule has 5 heteroatoms. The van der Waals surface area contributed by atoms with Crippen LogP contribution in [0.15, 0.2) is 48.5 Å². The maximum absolute atomic E-state index is 12.5. The van der Waals surface area contributed by atoms with Gasteiger partial charge in [0.1, 0.15) is 0 Å². The standard InChI is InChI=1S/C16H14F3NO/c1-20-15(21)10-11-2-4-12(5-3-11)13-6-8-14(9-7-13)16(17,18)19/h2-9H,10H2,1H3,(H,20,21). The molecule has 0 saturated heterocycles. The van der Waals surface area contributed by atoms with Crippen LogP contribution >= 0.6 is 0 Å². The largest absolute Gasteiger partial charge is 0.416 e. The molecule has 0 saturated carbocycles. The first-order valence-electron chi connectivity index (χ1n) is 6.37. The zero-order valence-electron chi connectivity index (χ0n) is 11.4. The van der Waals surface area contributed by atoms with E-state index in [2.05, 4.69) is 5.32 Å². The average molecular weight is 293 g/mol. The summed E-state index contributed by atoms with van der Waals surface area (Å²) in [5, 5.41) is 2.53. The lowest BCUT2D eigenvalue weighted by molar-refractivity contribution is -0.137. The molecule has 0 aliphatic rings. The normalized spacial score (nSPS) is 11.2. The zero-order valence-corrected chi connectivity index (χ0v) is 11.4. The first-order valence-corrected chi connectivity index (χ1v) is 6.37. The third kappa shape index (κ3) is 3.84. The lowest BCUT2D eigenvalue weighted by Crippen LogP contribution is -2.19. The van der Waals surface area contributed by atoms with E-state index < -0.39 is 11.7 Å². The minimum atomic E-state index is -4.32. The second kappa shape index (κ2) is 5.99. The van der Waals surface area contributed by atoms with Crippen LogP contribution in [0.5, 0.6) is 0 Å². The van der Waals surface area contributed by atoms with E-state index in [1.807, 2.05) is 0 Å². The van der Waals surface area contributed by atoms with Gasteiger partial charge in [0.05, 0.1) is 12.0 Å². The van der Waals surface area contributed by atoms with E-state index in [0.717, 1.165) is 23.3 Å². The van der Waals surface area contributed by atoms with Crippen LogP contribution in [0.1, 0.15) is 11.1 Å². The van der Waals surface area contributed by atoms with Crippen LogP contribution < -0.4 is 5.32 Å². The highest BCUT2D eigenvalue weighted by atomic mass is 19.4. The summed E-state index contributed by atoms with van der Waals surface area (Å²) in [6, 6.07) is 12.2. The molecular weight excluding hydrogens is 279 g/mol. The van der Waals surface area contributed by atoms with Crippen LogP contribution in [0.4, 0.5) is 13.2 Å². The van der Waals surface area contributed by atoms with Crippen molar-refractivity contribution in [3.63, 3.8) is 0 Å². The van der Waals surface area contributed by atoms with E-state index in [1.54, 1.807) is 31.3 Å². The number of amides is 1. The Morgan fingerprint density at radius 3 is 1.86 bits per heavy atom. The van der Waals surface area contributed by atoms with Crippen LogP contribution in [0.2, 0.25) is 0 Å². The first kappa shape index (κ1) is 15.1. The zero-order chi connectivity index (χ0) is 15.5. The van der Waals surface area contributed by atoms with Gasteiger partial charge in [-0.2, -0.15) is 13.2 Å². The van der Waals surface area contributed by atoms with E-state index in [0.29, 0.717) is 5.56 Å². The number of carbonyl (C=O) groups is 1. The summed E-state index contributed by atoms with van der Waals surface area (Å²) in [7, 11) is 1.57. The molecule has 0 heterocycles. The molecule has 2 rings (SSSR count). The molecule has 0 aliphatic carbocycles. The molecule has 0 spiro atoms. The third-order valence-electron chi connectivity index (χ3n) is 3.14. The molecule has 2 aromatic carbocycles. The fourth-order valence-electron chi connectivity index (χ4n) is 1.94. The van der Waals surface area contributed by atoms with Crippen molar-refractivity contribution in [1.82, 2.24) is 5.32 Å². The summed E-state index contributed by atoms with van der Waals surface area (Å²) in [6.45, 7) is 0. The van der Waals surface area contributed by atoms with E-state index in [9.17, 15) is 18.0 Å². The average Bonchev–Trinajstić information content (AvgIpc) is 2.47. The Hall–Kier alpha value is -2.30. The van der Waals surface area contributed by atoms with Crippen LogP contribution in [0.25, 0.3) is 11.1 Å². The van der Waals surface area contributed by atoms with Crippen LogP contribution in [-0.4, -0.2) is 13.0 Å². The van der Waals surface area contributed by atoms with Crippen molar-refractivity contribution >= 4 is 5.91 Å². The van der Waals surface area contributed by atoms with Gasteiger partial charge in [0, 0.05) is 7.05 Å². The Morgan fingerprint density at radius 2 is 1.43 bits per heavy atom. The number of carbonyl (C=O) groups excluding carboxylic acids is 1. The van der Waals surface area contributed by atoms with Crippen molar-refractivity contribution in [2.45, 2.75) is 12.6 Å². The Bertz CT molecular complexity index is 615. The molecular formula is C16H14F3NO. The number of halogens is 3. The summed E-state index contributed by atoms with van der Waals surface area (Å²) in [4.78, 5) is 11.2. The number of hydrogen-bond acceptors (Lipinski definition) is 1. The molecule has 1 amide bonds. The highest BCUT2D eigenvalue weighted by Crippen LogP contribution is 2.31. The molecule has 2 nitrogen and oxygen atoms in total. The van der Waals surface area contributed by atoms with Crippen LogP contribution in [0, 0.1) is 0 Å². The third-order valence-corrected chi connectivity index (χ3v) is 3.14. The second-order valence-corrected chi connectivity index (χ2v) is 4.62. The molecule has 0 aliphatic heterocycles. The smallest absolute Gasteiger partial charge is 0.359 e. The van der Waals surface area contributed by atoms with Gasteiger partial charge in [-0.1, -0.05) is 36.4 Å². The molecule has 0 unspecified atom stereocenters. The molecule has 2 aromatic rings. The van der Waals surface area contributed by atoms with Gasteiger partial charge in [-0.05, 0) is 28.8 Å². The summed E-state index contributed by atoms with van der Waals surface area (Å²) in [5.41, 5.74) is 1.70. The lowest BCUT2D eigenvalue weighted by Gasteiger charge is -2.08. The Morgan fingerprint density at radius 1 is 0.952 bits per heavy atom. The minimum absolute atomic E-state index is 0.0859. The van der Waals surface area contributed by atoms with Gasteiger partial charge in [0.2, 0.25) is 5.91 Å². The van der Waals surface area contributed by atoms with Crippen LogP contribution in [0.3, 0.4) is 0 Å². The topological polar surface area (TPSA) is 29.1 Å². The summed E-state index contributed by atoms with van der Waals surface area (Å²) < 4.78 is 37.5. The van der Waals surface area contributed by atoms with Gasteiger partial charge in [-0.15, -0.1) is 0 Å². The molecule has 0 bridgehead atoms. The number of likely N-dealkylation sites (N-methyl/N-ethyl adjacent to an activating group) is 1. The Balaban J connectivity index is 2.17. The van der Waals surface area contributed by atoms with Crippen molar-refractivity contribution in [3.8, 4) is 11.1 Å². The molecule has 0 radical (unpaired) electrons. The fourth-order valence-corrected chi connectivity index (χ4v) is 1.94. The van der Waals surface area contributed by atoms with Crippen molar-refractivity contribution in [2.24, 2.45) is 0 Å². The summed E-state index contributed by atoms with van der Waals surface area (Å²) in [6.07, 6.45) is -4.04. The van der Waals surface area contributed by atoms with Gasteiger partial charge >= 0.3 is 6.18 Å². The van der Waals surface area contributed by atoms with Gasteiger partial charge in [-0.25, -0.2) is 0 Å². The lowest BCUT2D eigenvalue weighted by atomic mass is 10.0. The number of benzene rings is 2. The van der Waals surface area contributed by atoms with E-state index in [1.165, 1.54) is 12.1 Å². The van der Waals surface area contributed by atoms with Gasteiger partial charge < -0.3 is 5.32 Å². The number of hydrogen-bond donors (Lipinski definition) is 1. The summed E-state index contributed by atoms with van der Waals surface area (Å²) in [5.74, 6) is -0.0859. The maximum Gasteiger partial charge on any atom is 0.416 e. The Kier molecular flexibility index (Phi) is 4.31. The molecule has 1 N–H and O–H groups in total. The molecule has 21 heavy (non-hydrogen) atoms. The number of nitrogens with one attached hydrogen (secondary N) is 1.